The second-order valence-electron chi connectivity index (χ2n) is 5.43. The maximum atomic E-state index is 12.3. The molecule has 0 aliphatic rings. The minimum atomic E-state index is 0.0352. The first-order valence-electron chi connectivity index (χ1n) is 7.63. The summed E-state index contributed by atoms with van der Waals surface area (Å²) in [6.45, 7) is 4.11. The van der Waals surface area contributed by atoms with E-state index in [0.717, 1.165) is 30.4 Å². The second-order valence-corrected chi connectivity index (χ2v) is 5.43. The molecule has 2 rings (SSSR count). The van der Waals surface area contributed by atoms with Crippen molar-refractivity contribution < 1.29 is 4.79 Å². The molecule has 2 heteroatoms. The van der Waals surface area contributed by atoms with E-state index in [0.29, 0.717) is 0 Å². The van der Waals surface area contributed by atoms with E-state index in [4.69, 9.17) is 0 Å². The molecule has 1 amide bonds. The Kier molecular flexibility index (Phi) is 5.56. The zero-order chi connectivity index (χ0) is 15.1. The Labute approximate surface area is 127 Å². The van der Waals surface area contributed by atoms with Gasteiger partial charge in [0.15, 0.2) is 0 Å². The molecule has 0 spiro atoms. The van der Waals surface area contributed by atoms with Crippen LogP contribution in [-0.2, 0) is 12.8 Å². The zero-order valence-corrected chi connectivity index (χ0v) is 12.8. The van der Waals surface area contributed by atoms with Crippen molar-refractivity contribution in [3.8, 4) is 0 Å². The fraction of sp³-hybridized carbons (Fsp3) is 0.316. The van der Waals surface area contributed by atoms with Crippen LogP contribution in [0.15, 0.2) is 54.6 Å². The molecule has 2 aromatic carbocycles. The van der Waals surface area contributed by atoms with E-state index >= 15 is 0 Å². The molecule has 110 valence electrons. The summed E-state index contributed by atoms with van der Waals surface area (Å²) in [4.78, 5) is 12.3. The van der Waals surface area contributed by atoms with Crippen molar-refractivity contribution in [1.82, 2.24) is 5.32 Å². The minimum Gasteiger partial charge on any atom is -0.350 e. The van der Waals surface area contributed by atoms with E-state index in [1.165, 1.54) is 5.56 Å². The third-order valence-corrected chi connectivity index (χ3v) is 3.78. The summed E-state index contributed by atoms with van der Waals surface area (Å²) in [7, 11) is 0. The van der Waals surface area contributed by atoms with Crippen LogP contribution >= 0.6 is 0 Å². The third-order valence-electron chi connectivity index (χ3n) is 3.78. The zero-order valence-electron chi connectivity index (χ0n) is 12.8. The lowest BCUT2D eigenvalue weighted by molar-refractivity contribution is 0.0938. The van der Waals surface area contributed by atoms with Gasteiger partial charge in [-0.2, -0.15) is 0 Å². The first-order chi connectivity index (χ1) is 10.2. The molecule has 2 nitrogen and oxygen atoms in total. The highest BCUT2D eigenvalue weighted by molar-refractivity contribution is 5.95. The lowest BCUT2D eigenvalue weighted by Crippen LogP contribution is -2.32. The van der Waals surface area contributed by atoms with Crippen molar-refractivity contribution in [1.29, 1.82) is 0 Å². The molecule has 0 aliphatic heterocycles. The second kappa shape index (κ2) is 7.63. The van der Waals surface area contributed by atoms with Gasteiger partial charge >= 0.3 is 0 Å². The maximum Gasteiger partial charge on any atom is 0.251 e. The minimum absolute atomic E-state index is 0.0352. The number of hydrogen-bond donors (Lipinski definition) is 1. The fourth-order valence-electron chi connectivity index (χ4n) is 2.29. The van der Waals surface area contributed by atoms with Crippen LogP contribution in [0, 0.1) is 0 Å². The number of rotatable bonds is 6. The van der Waals surface area contributed by atoms with Crippen LogP contribution in [-0.4, -0.2) is 11.9 Å². The molecule has 0 saturated heterocycles. The van der Waals surface area contributed by atoms with Crippen LogP contribution in [0.4, 0.5) is 0 Å². The van der Waals surface area contributed by atoms with Crippen LogP contribution in [0.5, 0.6) is 0 Å². The Bertz CT molecular complexity index is 577. The number of benzene rings is 2. The third kappa shape index (κ3) is 4.45. The topological polar surface area (TPSA) is 29.1 Å². The number of carbonyl (C=O) groups is 1. The van der Waals surface area contributed by atoms with E-state index in [-0.39, 0.29) is 11.9 Å². The average Bonchev–Trinajstić information content (AvgIpc) is 2.54. The molecule has 0 fully saturated rings. The molecule has 2 aromatic rings. The highest BCUT2D eigenvalue weighted by Gasteiger charge is 2.12. The van der Waals surface area contributed by atoms with Gasteiger partial charge in [-0.25, -0.2) is 0 Å². The summed E-state index contributed by atoms with van der Waals surface area (Å²) >= 11 is 0. The predicted molar refractivity (Wildman–Crippen MR) is 87.5 cm³/mol. The predicted octanol–water partition coefficient (Wildman–Crippen LogP) is 4.00. The Balaban J connectivity index is 2.08. The summed E-state index contributed by atoms with van der Waals surface area (Å²) in [5.41, 5.74) is 3.21. The first-order valence-corrected chi connectivity index (χ1v) is 7.63. The molecule has 1 atom stereocenters. The normalized spacial score (nSPS) is 11.9. The molecule has 0 aromatic heterocycles. The van der Waals surface area contributed by atoms with Gasteiger partial charge in [-0.3, -0.25) is 4.79 Å². The Hall–Kier alpha value is -2.09. The van der Waals surface area contributed by atoms with Gasteiger partial charge in [-0.15, -0.1) is 0 Å². The summed E-state index contributed by atoms with van der Waals surface area (Å²) in [6.07, 6.45) is 2.78. The van der Waals surface area contributed by atoms with Crippen LogP contribution in [0.25, 0.3) is 0 Å². The lowest BCUT2D eigenvalue weighted by Gasteiger charge is -2.14. The van der Waals surface area contributed by atoms with Gasteiger partial charge in [0.05, 0.1) is 0 Å². The molecule has 1 unspecified atom stereocenters. The molecule has 0 bridgehead atoms. The molecular formula is C19H23NO. The maximum absolute atomic E-state index is 12.3. The van der Waals surface area contributed by atoms with Gasteiger partial charge in [0.2, 0.25) is 0 Å². The number of aryl methyl sites for hydroxylation is 2. The monoisotopic (exact) mass is 281 g/mol. The van der Waals surface area contributed by atoms with Gasteiger partial charge < -0.3 is 5.32 Å². The first kappa shape index (κ1) is 15.3. The largest absolute Gasteiger partial charge is 0.350 e. The molecule has 1 N–H and O–H groups in total. The van der Waals surface area contributed by atoms with Gasteiger partial charge in [0.1, 0.15) is 0 Å². The summed E-state index contributed by atoms with van der Waals surface area (Å²) in [5, 5.41) is 3.05. The standard InChI is InChI=1S/C19H23NO/c1-3-15(2)20-19(21)18-12-8-7-11-17(18)14-13-16-9-5-4-6-10-16/h4-12,15H,3,13-14H2,1-2H3,(H,20,21). The number of carbonyl (C=O) groups excluding carboxylic acids is 1. The summed E-state index contributed by atoms with van der Waals surface area (Å²) in [6, 6.07) is 18.5. The highest BCUT2D eigenvalue weighted by atomic mass is 16.1. The summed E-state index contributed by atoms with van der Waals surface area (Å²) in [5.74, 6) is 0.0352. The molecular weight excluding hydrogens is 258 g/mol. The van der Waals surface area contributed by atoms with Crippen molar-refractivity contribution in [2.75, 3.05) is 0 Å². The molecule has 0 aliphatic carbocycles. The molecule has 0 saturated carbocycles. The smallest absolute Gasteiger partial charge is 0.251 e. The molecule has 21 heavy (non-hydrogen) atoms. The van der Waals surface area contributed by atoms with E-state index in [1.54, 1.807) is 0 Å². The Morgan fingerprint density at radius 1 is 1.00 bits per heavy atom. The van der Waals surface area contributed by atoms with Gasteiger partial charge in [-0.05, 0) is 43.4 Å². The average molecular weight is 281 g/mol. The van der Waals surface area contributed by atoms with E-state index in [9.17, 15) is 4.79 Å². The lowest BCUT2D eigenvalue weighted by atomic mass is 9.99. The van der Waals surface area contributed by atoms with Gasteiger partial charge in [-0.1, -0.05) is 55.5 Å². The number of nitrogens with one attached hydrogen (secondary N) is 1. The van der Waals surface area contributed by atoms with Crippen molar-refractivity contribution in [2.45, 2.75) is 39.2 Å². The molecule has 0 heterocycles. The van der Waals surface area contributed by atoms with Crippen molar-refractivity contribution >= 4 is 5.91 Å². The van der Waals surface area contributed by atoms with Crippen LogP contribution in [0.1, 0.15) is 41.8 Å². The van der Waals surface area contributed by atoms with Crippen LogP contribution in [0.2, 0.25) is 0 Å². The van der Waals surface area contributed by atoms with Crippen LogP contribution < -0.4 is 5.32 Å². The quantitative estimate of drug-likeness (QED) is 0.852. The Morgan fingerprint density at radius 2 is 1.67 bits per heavy atom. The van der Waals surface area contributed by atoms with Crippen molar-refractivity contribution in [3.05, 3.63) is 71.3 Å². The Morgan fingerprint density at radius 3 is 2.38 bits per heavy atom. The highest BCUT2D eigenvalue weighted by Crippen LogP contribution is 2.13. The van der Waals surface area contributed by atoms with Crippen LogP contribution in [0.3, 0.4) is 0 Å². The van der Waals surface area contributed by atoms with E-state index in [2.05, 4.69) is 42.6 Å². The van der Waals surface area contributed by atoms with Gasteiger partial charge in [0, 0.05) is 11.6 Å². The van der Waals surface area contributed by atoms with Crippen molar-refractivity contribution in [3.63, 3.8) is 0 Å². The molecule has 0 radical (unpaired) electrons. The SMILES string of the molecule is CCC(C)NC(=O)c1ccccc1CCc1ccccc1. The van der Waals surface area contributed by atoms with E-state index < -0.39 is 0 Å². The number of hydrogen-bond acceptors (Lipinski definition) is 1. The fourth-order valence-corrected chi connectivity index (χ4v) is 2.29. The van der Waals surface area contributed by atoms with Crippen molar-refractivity contribution in [2.24, 2.45) is 0 Å². The van der Waals surface area contributed by atoms with Gasteiger partial charge in [0.25, 0.3) is 5.91 Å². The summed E-state index contributed by atoms with van der Waals surface area (Å²) < 4.78 is 0. The van der Waals surface area contributed by atoms with E-state index in [1.807, 2.05) is 31.2 Å². The number of amides is 1.